The fourth-order valence-corrected chi connectivity index (χ4v) is 3.59. The van der Waals surface area contributed by atoms with Gasteiger partial charge in [0.05, 0.1) is 11.4 Å². The highest BCUT2D eigenvalue weighted by atomic mass is 32.1. The van der Waals surface area contributed by atoms with E-state index < -0.39 is 0 Å². The lowest BCUT2D eigenvalue weighted by molar-refractivity contribution is 0.191. The minimum atomic E-state index is 0.439. The van der Waals surface area contributed by atoms with Gasteiger partial charge >= 0.3 is 0 Å². The Labute approximate surface area is 114 Å². The predicted molar refractivity (Wildman–Crippen MR) is 78.6 cm³/mol. The van der Waals surface area contributed by atoms with Gasteiger partial charge in [-0.3, -0.25) is 4.90 Å². The molecule has 98 valence electrons. The molecule has 1 saturated heterocycles. The molecular weight excluding hydrogens is 240 g/mol. The lowest BCUT2D eigenvalue weighted by Gasteiger charge is -2.26. The molecule has 18 heavy (non-hydrogen) atoms. The van der Waals surface area contributed by atoms with Gasteiger partial charge in [-0.15, -0.1) is 11.3 Å². The Bertz CT molecular complexity index is 441. The van der Waals surface area contributed by atoms with Gasteiger partial charge in [0.2, 0.25) is 0 Å². The Kier molecular flexibility index (Phi) is 4.82. The van der Waals surface area contributed by atoms with Crippen molar-refractivity contribution in [2.45, 2.75) is 51.7 Å². The molecule has 1 aromatic heterocycles. The zero-order chi connectivity index (χ0) is 13.0. The van der Waals surface area contributed by atoms with Gasteiger partial charge in [-0.2, -0.15) is 0 Å². The van der Waals surface area contributed by atoms with Crippen molar-refractivity contribution in [3.05, 3.63) is 21.9 Å². The molecule has 0 spiro atoms. The summed E-state index contributed by atoms with van der Waals surface area (Å²) < 4.78 is 0. The van der Waals surface area contributed by atoms with E-state index in [1.165, 1.54) is 24.1 Å². The average Bonchev–Trinajstić information content (AvgIpc) is 2.96. The van der Waals surface area contributed by atoms with E-state index >= 15 is 0 Å². The maximum atomic E-state index is 5.39. The number of hydrogen-bond acceptors (Lipinski definition) is 3. The number of nitrogens with two attached hydrogens (primary N) is 1. The average molecular weight is 262 g/mol. The summed E-state index contributed by atoms with van der Waals surface area (Å²) in [4.78, 5) is 5.20. The molecule has 1 aliphatic heterocycles. The first kappa shape index (κ1) is 13.6. The van der Waals surface area contributed by atoms with Crippen molar-refractivity contribution >= 4 is 11.3 Å². The molecule has 3 heteroatoms. The molecule has 0 bridgehead atoms. The zero-order valence-electron chi connectivity index (χ0n) is 11.3. The molecule has 0 saturated carbocycles. The molecule has 1 fully saturated rings. The van der Waals surface area contributed by atoms with Crippen molar-refractivity contribution in [3.63, 3.8) is 0 Å². The highest BCUT2D eigenvalue weighted by Gasteiger charge is 2.29. The van der Waals surface area contributed by atoms with Crippen LogP contribution in [-0.4, -0.2) is 23.5 Å². The molecule has 1 aromatic rings. The summed E-state index contributed by atoms with van der Waals surface area (Å²) in [5, 5.41) is 0. The molecule has 0 aromatic carbocycles. The van der Waals surface area contributed by atoms with Crippen LogP contribution in [0.4, 0.5) is 0 Å². The van der Waals surface area contributed by atoms with Gasteiger partial charge in [0.1, 0.15) is 0 Å². The fourth-order valence-electron chi connectivity index (χ4n) is 2.70. The number of likely N-dealkylation sites (tertiary alicyclic amines) is 1. The van der Waals surface area contributed by atoms with Gasteiger partial charge in [0.25, 0.3) is 0 Å². The van der Waals surface area contributed by atoms with Crippen molar-refractivity contribution in [2.24, 2.45) is 5.73 Å². The Morgan fingerprint density at radius 1 is 1.44 bits per heavy atom. The second kappa shape index (κ2) is 6.38. The third kappa shape index (κ3) is 3.14. The SMILES string of the molecule is CCC1CCC(C)N1Cc1ccc(C#CCN)s1. The minimum absolute atomic E-state index is 0.439. The maximum Gasteiger partial charge on any atom is 0.0772 e. The first-order valence-electron chi connectivity index (χ1n) is 6.78. The Morgan fingerprint density at radius 3 is 3.00 bits per heavy atom. The quantitative estimate of drug-likeness (QED) is 0.849. The van der Waals surface area contributed by atoms with Crippen molar-refractivity contribution in [3.8, 4) is 11.8 Å². The fraction of sp³-hybridized carbons (Fsp3) is 0.600. The largest absolute Gasteiger partial charge is 0.320 e. The summed E-state index contributed by atoms with van der Waals surface area (Å²) in [5.41, 5.74) is 5.39. The van der Waals surface area contributed by atoms with Crippen LogP contribution in [0.1, 0.15) is 42.9 Å². The van der Waals surface area contributed by atoms with Crippen molar-refractivity contribution in [1.82, 2.24) is 4.90 Å². The summed E-state index contributed by atoms with van der Waals surface area (Å²) in [7, 11) is 0. The van der Waals surface area contributed by atoms with Crippen LogP contribution in [0.15, 0.2) is 12.1 Å². The van der Waals surface area contributed by atoms with E-state index in [1.54, 1.807) is 11.3 Å². The van der Waals surface area contributed by atoms with Gasteiger partial charge in [-0.25, -0.2) is 0 Å². The summed E-state index contributed by atoms with van der Waals surface area (Å²) >= 11 is 1.80. The first-order chi connectivity index (χ1) is 8.74. The highest BCUT2D eigenvalue weighted by molar-refractivity contribution is 7.12. The molecule has 0 amide bonds. The second-order valence-electron chi connectivity index (χ2n) is 4.93. The van der Waals surface area contributed by atoms with E-state index in [9.17, 15) is 0 Å². The van der Waals surface area contributed by atoms with Crippen LogP contribution in [0.25, 0.3) is 0 Å². The maximum absolute atomic E-state index is 5.39. The van der Waals surface area contributed by atoms with E-state index in [4.69, 9.17) is 5.73 Å². The van der Waals surface area contributed by atoms with Crippen LogP contribution in [0, 0.1) is 11.8 Å². The van der Waals surface area contributed by atoms with Crippen LogP contribution in [0.5, 0.6) is 0 Å². The smallest absolute Gasteiger partial charge is 0.0772 e. The topological polar surface area (TPSA) is 29.3 Å². The van der Waals surface area contributed by atoms with E-state index in [0.717, 1.165) is 23.5 Å². The van der Waals surface area contributed by atoms with Gasteiger partial charge < -0.3 is 5.73 Å². The molecule has 2 N–H and O–H groups in total. The van der Waals surface area contributed by atoms with E-state index in [0.29, 0.717) is 6.54 Å². The van der Waals surface area contributed by atoms with E-state index in [1.807, 2.05) is 0 Å². The summed E-state index contributed by atoms with van der Waals surface area (Å²) in [6.07, 6.45) is 3.95. The molecule has 2 heterocycles. The lowest BCUT2D eigenvalue weighted by atomic mass is 10.1. The van der Waals surface area contributed by atoms with Gasteiger partial charge in [0, 0.05) is 23.5 Å². The molecule has 0 aliphatic carbocycles. The van der Waals surface area contributed by atoms with Crippen LogP contribution < -0.4 is 5.73 Å². The van der Waals surface area contributed by atoms with E-state index in [-0.39, 0.29) is 0 Å². The summed E-state index contributed by atoms with van der Waals surface area (Å²) in [6, 6.07) is 5.81. The first-order valence-corrected chi connectivity index (χ1v) is 7.59. The molecule has 2 atom stereocenters. The summed E-state index contributed by atoms with van der Waals surface area (Å²) in [6.45, 7) is 6.16. The Hall–Kier alpha value is -0.820. The molecule has 1 aliphatic rings. The predicted octanol–water partition coefficient (Wildman–Crippen LogP) is 2.82. The molecule has 2 unspecified atom stereocenters. The second-order valence-corrected chi connectivity index (χ2v) is 6.10. The molecule has 2 nitrogen and oxygen atoms in total. The van der Waals surface area contributed by atoms with Crippen molar-refractivity contribution < 1.29 is 0 Å². The third-order valence-corrected chi connectivity index (χ3v) is 4.72. The monoisotopic (exact) mass is 262 g/mol. The van der Waals surface area contributed by atoms with Gasteiger partial charge in [-0.1, -0.05) is 18.8 Å². The van der Waals surface area contributed by atoms with Crippen LogP contribution in [0.2, 0.25) is 0 Å². The molecule has 0 radical (unpaired) electrons. The third-order valence-electron chi connectivity index (χ3n) is 3.74. The van der Waals surface area contributed by atoms with Crippen molar-refractivity contribution in [2.75, 3.05) is 6.54 Å². The Balaban J connectivity index is 2.02. The highest BCUT2D eigenvalue weighted by Crippen LogP contribution is 2.29. The lowest BCUT2D eigenvalue weighted by Crippen LogP contribution is -2.33. The number of nitrogens with zero attached hydrogens (tertiary/aromatic N) is 1. The summed E-state index contributed by atoms with van der Waals surface area (Å²) in [5.74, 6) is 6.03. The molecule has 2 rings (SSSR count). The standard InChI is InChI=1S/C15H22N2S/c1-3-13-7-6-12(2)17(13)11-15-9-8-14(18-15)5-4-10-16/h8-9,12-13H,3,6-7,10-11,16H2,1-2H3. The molecular formula is C15H22N2S. The van der Waals surface area contributed by atoms with Gasteiger partial charge in [0.15, 0.2) is 0 Å². The van der Waals surface area contributed by atoms with Crippen LogP contribution >= 0.6 is 11.3 Å². The van der Waals surface area contributed by atoms with Gasteiger partial charge in [-0.05, 0) is 38.3 Å². The zero-order valence-corrected chi connectivity index (χ0v) is 12.1. The van der Waals surface area contributed by atoms with E-state index in [2.05, 4.69) is 42.7 Å². The Morgan fingerprint density at radius 2 is 2.28 bits per heavy atom. The number of rotatable bonds is 3. The van der Waals surface area contributed by atoms with Crippen molar-refractivity contribution in [1.29, 1.82) is 0 Å². The van der Waals surface area contributed by atoms with Crippen LogP contribution in [0.3, 0.4) is 0 Å². The normalized spacial score (nSPS) is 23.9. The minimum Gasteiger partial charge on any atom is -0.320 e. The van der Waals surface area contributed by atoms with Crippen LogP contribution in [-0.2, 0) is 6.54 Å². The number of thiophene rings is 1. The number of hydrogen-bond donors (Lipinski definition) is 1.